The largest absolute Gasteiger partial charge is 0.493 e. The molecule has 1 aromatic carbocycles. The first-order valence-corrected chi connectivity index (χ1v) is 13.2. The van der Waals surface area contributed by atoms with Gasteiger partial charge in [-0.15, -0.1) is 0 Å². The zero-order valence-corrected chi connectivity index (χ0v) is 22.0. The minimum Gasteiger partial charge on any atom is -0.493 e. The van der Waals surface area contributed by atoms with Crippen LogP contribution in [0.4, 0.5) is 0 Å². The Labute approximate surface area is 217 Å². The number of furan rings is 1. The summed E-state index contributed by atoms with van der Waals surface area (Å²) in [5.74, 6) is 1.70. The summed E-state index contributed by atoms with van der Waals surface area (Å²) in [7, 11) is 1.62. The Morgan fingerprint density at radius 1 is 1.08 bits per heavy atom. The van der Waals surface area contributed by atoms with Gasteiger partial charge in [0.2, 0.25) is 0 Å². The molecule has 5 rings (SSSR count). The third-order valence-corrected chi connectivity index (χ3v) is 7.63. The van der Waals surface area contributed by atoms with Crippen molar-refractivity contribution in [1.82, 2.24) is 5.32 Å². The number of ether oxygens (including phenoxy) is 3. The summed E-state index contributed by atoms with van der Waals surface area (Å²) in [5.41, 5.74) is 3.63. The number of rotatable bonds is 7. The summed E-state index contributed by atoms with van der Waals surface area (Å²) in [6.07, 6.45) is 4.81. The molecule has 0 saturated heterocycles. The number of allylic oxidation sites excluding steroid dienone is 3. The van der Waals surface area contributed by atoms with Gasteiger partial charge in [0, 0.05) is 23.4 Å². The maximum Gasteiger partial charge on any atom is 0.337 e. The molecule has 2 aromatic rings. The van der Waals surface area contributed by atoms with Crippen molar-refractivity contribution in [3.63, 3.8) is 0 Å². The summed E-state index contributed by atoms with van der Waals surface area (Å²) in [5, 5.41) is 3.41. The Kier molecular flexibility index (Phi) is 7.13. The second kappa shape index (κ2) is 10.5. The molecule has 1 N–H and O–H groups in total. The number of dihydropyridines is 1. The molecule has 0 radical (unpaired) electrons. The quantitative estimate of drug-likeness (QED) is 0.473. The van der Waals surface area contributed by atoms with E-state index in [-0.39, 0.29) is 23.8 Å². The van der Waals surface area contributed by atoms with E-state index in [1.807, 2.05) is 51.1 Å². The van der Waals surface area contributed by atoms with Crippen LogP contribution in [0.3, 0.4) is 0 Å². The van der Waals surface area contributed by atoms with E-state index in [0.717, 1.165) is 42.7 Å². The predicted molar refractivity (Wildman–Crippen MR) is 139 cm³/mol. The molecule has 7 nitrogen and oxygen atoms in total. The van der Waals surface area contributed by atoms with Crippen molar-refractivity contribution in [2.45, 2.75) is 77.2 Å². The molecule has 0 bridgehead atoms. The van der Waals surface area contributed by atoms with Gasteiger partial charge in [0.25, 0.3) is 0 Å². The van der Waals surface area contributed by atoms with Crippen LogP contribution in [0, 0.1) is 6.92 Å². The SMILES string of the molecule is CCOc1ccc([C@H]2CC(=O)C3=C(C2)NC(C)=C(C(=O)OC2CCCC2)[C@@H]3c2ccc(C)o2)cc1OC. The van der Waals surface area contributed by atoms with E-state index in [1.54, 1.807) is 7.11 Å². The Morgan fingerprint density at radius 2 is 1.86 bits per heavy atom. The molecular weight excluding hydrogens is 470 g/mol. The van der Waals surface area contributed by atoms with Crippen LogP contribution >= 0.6 is 0 Å². The molecule has 37 heavy (non-hydrogen) atoms. The molecule has 1 saturated carbocycles. The van der Waals surface area contributed by atoms with Gasteiger partial charge in [0.05, 0.1) is 25.2 Å². The lowest BCUT2D eigenvalue weighted by atomic mass is 9.73. The second-order valence-electron chi connectivity index (χ2n) is 10.1. The summed E-state index contributed by atoms with van der Waals surface area (Å²) >= 11 is 0. The van der Waals surface area contributed by atoms with Gasteiger partial charge in [0.1, 0.15) is 17.6 Å². The zero-order valence-electron chi connectivity index (χ0n) is 22.0. The molecule has 3 aliphatic rings. The fraction of sp³-hybridized carbons (Fsp3) is 0.467. The van der Waals surface area contributed by atoms with E-state index < -0.39 is 5.92 Å². The maximum atomic E-state index is 13.8. The van der Waals surface area contributed by atoms with Gasteiger partial charge in [-0.2, -0.15) is 0 Å². The third-order valence-electron chi connectivity index (χ3n) is 7.63. The van der Waals surface area contributed by atoms with Crippen LogP contribution in [0.25, 0.3) is 0 Å². The molecule has 2 heterocycles. The van der Waals surface area contributed by atoms with E-state index in [2.05, 4.69) is 5.32 Å². The first-order valence-electron chi connectivity index (χ1n) is 13.2. The minimum atomic E-state index is -0.581. The highest BCUT2D eigenvalue weighted by Crippen LogP contribution is 2.47. The molecule has 2 atom stereocenters. The van der Waals surface area contributed by atoms with E-state index in [9.17, 15) is 9.59 Å². The molecule has 1 aliphatic heterocycles. The van der Waals surface area contributed by atoms with Crippen LogP contribution in [0.15, 0.2) is 57.3 Å². The summed E-state index contributed by atoms with van der Waals surface area (Å²) < 4.78 is 23.1. The van der Waals surface area contributed by atoms with Crippen molar-refractivity contribution in [3.05, 3.63) is 70.0 Å². The average molecular weight is 506 g/mol. The lowest BCUT2D eigenvalue weighted by Crippen LogP contribution is -2.36. The molecule has 2 aliphatic carbocycles. The van der Waals surface area contributed by atoms with Crippen LogP contribution < -0.4 is 14.8 Å². The van der Waals surface area contributed by atoms with Gasteiger partial charge in [-0.1, -0.05) is 6.07 Å². The van der Waals surface area contributed by atoms with Gasteiger partial charge in [-0.05, 0) is 88.6 Å². The molecule has 7 heteroatoms. The smallest absolute Gasteiger partial charge is 0.337 e. The number of Topliss-reactive ketones (excluding diaryl/α,β-unsaturated/α-hetero) is 1. The van der Waals surface area contributed by atoms with E-state index in [1.165, 1.54) is 0 Å². The van der Waals surface area contributed by atoms with Crippen LogP contribution in [-0.4, -0.2) is 31.6 Å². The summed E-state index contributed by atoms with van der Waals surface area (Å²) in [6.45, 7) is 6.22. The molecule has 1 fully saturated rings. The van der Waals surface area contributed by atoms with Crippen molar-refractivity contribution in [2.75, 3.05) is 13.7 Å². The molecule has 0 unspecified atom stereocenters. The lowest BCUT2D eigenvalue weighted by molar-refractivity contribution is -0.144. The van der Waals surface area contributed by atoms with Crippen molar-refractivity contribution < 1.29 is 28.2 Å². The fourth-order valence-electron chi connectivity index (χ4n) is 5.87. The number of carbonyl (C=O) groups excluding carboxylic acids is 2. The van der Waals surface area contributed by atoms with Crippen molar-refractivity contribution >= 4 is 11.8 Å². The molecule has 1 aromatic heterocycles. The molecular formula is C30H35NO6. The summed E-state index contributed by atoms with van der Waals surface area (Å²) in [4.78, 5) is 27.2. The van der Waals surface area contributed by atoms with E-state index in [0.29, 0.717) is 53.6 Å². The third kappa shape index (κ3) is 4.91. The van der Waals surface area contributed by atoms with Crippen molar-refractivity contribution in [3.8, 4) is 11.5 Å². The molecule has 0 spiro atoms. The number of carbonyl (C=O) groups is 2. The van der Waals surface area contributed by atoms with E-state index in [4.69, 9.17) is 18.6 Å². The number of benzene rings is 1. The molecule has 0 amide bonds. The topological polar surface area (TPSA) is 87.0 Å². The lowest BCUT2D eigenvalue weighted by Gasteiger charge is -2.36. The van der Waals surface area contributed by atoms with E-state index >= 15 is 0 Å². The zero-order chi connectivity index (χ0) is 26.1. The highest BCUT2D eigenvalue weighted by Gasteiger charge is 2.43. The normalized spacial score (nSPS) is 22.1. The monoisotopic (exact) mass is 505 g/mol. The number of hydrogen-bond acceptors (Lipinski definition) is 7. The van der Waals surface area contributed by atoms with Crippen LogP contribution in [0.1, 0.15) is 81.3 Å². The predicted octanol–water partition coefficient (Wildman–Crippen LogP) is 5.84. The minimum absolute atomic E-state index is 0.00400. The van der Waals surface area contributed by atoms with Crippen molar-refractivity contribution in [2.24, 2.45) is 0 Å². The first kappa shape index (κ1) is 25.2. The Balaban J connectivity index is 1.49. The van der Waals surface area contributed by atoms with Gasteiger partial charge < -0.3 is 23.9 Å². The van der Waals surface area contributed by atoms with Gasteiger partial charge in [0.15, 0.2) is 17.3 Å². The van der Waals surface area contributed by atoms with Gasteiger partial charge >= 0.3 is 5.97 Å². The summed E-state index contributed by atoms with van der Waals surface area (Å²) in [6, 6.07) is 9.59. The number of esters is 1. The number of aryl methyl sites for hydroxylation is 1. The standard InChI is InChI=1S/C30H35NO6/c1-5-35-24-13-11-19(16-26(24)34-4)20-14-22-28(23(32)15-20)29(25-12-10-17(2)36-25)27(18(3)31-22)30(33)37-21-8-6-7-9-21/h10-13,16,20-21,29,31H,5-9,14-15H2,1-4H3/t20-,29+/m1/s1. The number of methoxy groups -OCH3 is 1. The van der Waals surface area contributed by atoms with Crippen LogP contribution in [0.5, 0.6) is 11.5 Å². The van der Waals surface area contributed by atoms with Crippen molar-refractivity contribution in [1.29, 1.82) is 0 Å². The Bertz CT molecular complexity index is 1260. The highest BCUT2D eigenvalue weighted by atomic mass is 16.5. The Morgan fingerprint density at radius 3 is 2.54 bits per heavy atom. The molecule has 196 valence electrons. The maximum absolute atomic E-state index is 13.8. The Hall–Kier alpha value is -3.48. The van der Waals surface area contributed by atoms with Crippen LogP contribution in [0.2, 0.25) is 0 Å². The highest BCUT2D eigenvalue weighted by molar-refractivity contribution is 6.04. The number of hydrogen-bond donors (Lipinski definition) is 1. The second-order valence-corrected chi connectivity index (χ2v) is 10.1. The van der Waals surface area contributed by atoms with Gasteiger partial charge in [-0.25, -0.2) is 4.79 Å². The average Bonchev–Trinajstić information content (AvgIpc) is 3.55. The van der Waals surface area contributed by atoms with Crippen LogP contribution in [-0.2, 0) is 14.3 Å². The fourth-order valence-corrected chi connectivity index (χ4v) is 5.87. The number of ketones is 1. The first-order chi connectivity index (χ1) is 17.9. The van der Waals surface area contributed by atoms with Gasteiger partial charge in [-0.3, -0.25) is 4.79 Å². The number of nitrogens with one attached hydrogen (secondary N) is 1.